The van der Waals surface area contributed by atoms with Crippen LogP contribution in [-0.4, -0.2) is 19.0 Å². The van der Waals surface area contributed by atoms with Crippen molar-refractivity contribution < 1.29 is 9.09 Å². The van der Waals surface area contributed by atoms with Crippen LogP contribution in [0.4, 0.5) is 0 Å². The fourth-order valence-corrected chi connectivity index (χ4v) is 3.77. The van der Waals surface area contributed by atoms with Crippen molar-refractivity contribution in [2.45, 2.75) is 20.3 Å². The van der Waals surface area contributed by atoms with E-state index in [1.54, 1.807) is 0 Å². The normalized spacial score (nSPS) is 16.7. The number of hydrogen-bond acceptors (Lipinski definition) is 3. The molecular formula is C6H15O2PS. The van der Waals surface area contributed by atoms with Crippen molar-refractivity contribution in [3.05, 3.63) is 0 Å². The Kier molecular flexibility index (Phi) is 5.51. The fourth-order valence-electron chi connectivity index (χ4n) is 0.679. The maximum absolute atomic E-state index is 11.5. The second kappa shape index (κ2) is 5.22. The lowest BCUT2D eigenvalue weighted by molar-refractivity contribution is 0.345. The van der Waals surface area contributed by atoms with Crippen LogP contribution < -0.4 is 0 Å². The van der Waals surface area contributed by atoms with Gasteiger partial charge in [-0.25, -0.2) is 0 Å². The average Bonchev–Trinajstić information content (AvgIpc) is 1.89. The van der Waals surface area contributed by atoms with Gasteiger partial charge in [0, 0.05) is 6.16 Å². The Bertz CT molecular complexity index is 117. The molecule has 0 radical (unpaired) electrons. The molecule has 0 saturated heterocycles. The van der Waals surface area contributed by atoms with E-state index in [1.165, 1.54) is 11.4 Å². The van der Waals surface area contributed by atoms with Gasteiger partial charge in [0.2, 0.25) is 0 Å². The van der Waals surface area contributed by atoms with Crippen LogP contribution in [0.2, 0.25) is 0 Å². The summed E-state index contributed by atoms with van der Waals surface area (Å²) >= 11 is 1.35. The molecule has 0 aliphatic heterocycles. The summed E-state index contributed by atoms with van der Waals surface area (Å²) in [5.41, 5.74) is 0. The zero-order valence-corrected chi connectivity index (χ0v) is 8.50. The van der Waals surface area contributed by atoms with E-state index in [9.17, 15) is 4.57 Å². The van der Waals surface area contributed by atoms with Crippen molar-refractivity contribution in [3.63, 3.8) is 0 Å². The van der Waals surface area contributed by atoms with Crippen LogP contribution in [0.5, 0.6) is 0 Å². The quantitative estimate of drug-likeness (QED) is 0.611. The first kappa shape index (κ1) is 10.5. The summed E-state index contributed by atoms with van der Waals surface area (Å²) in [5, 5.41) is 0. The monoisotopic (exact) mass is 182 g/mol. The van der Waals surface area contributed by atoms with Crippen molar-refractivity contribution in [1.82, 2.24) is 0 Å². The second-order valence-corrected chi connectivity index (χ2v) is 6.99. The molecule has 0 heterocycles. The third-order valence-corrected chi connectivity index (χ3v) is 5.84. The van der Waals surface area contributed by atoms with E-state index in [4.69, 9.17) is 4.52 Å². The van der Waals surface area contributed by atoms with Crippen molar-refractivity contribution in [3.8, 4) is 0 Å². The third kappa shape index (κ3) is 3.65. The lowest BCUT2D eigenvalue weighted by Gasteiger charge is -2.12. The van der Waals surface area contributed by atoms with Gasteiger partial charge in [0.15, 0.2) is 0 Å². The van der Waals surface area contributed by atoms with Gasteiger partial charge < -0.3 is 4.52 Å². The first-order valence-electron chi connectivity index (χ1n) is 3.48. The molecule has 4 heteroatoms. The zero-order chi connectivity index (χ0) is 8.04. The largest absolute Gasteiger partial charge is 0.321 e. The summed E-state index contributed by atoms with van der Waals surface area (Å²) in [6.45, 7) is 2.16. The zero-order valence-electron chi connectivity index (χ0n) is 6.79. The number of hydrogen-bond donors (Lipinski definition) is 0. The highest BCUT2D eigenvalue weighted by atomic mass is 32.7. The molecule has 0 aromatic heterocycles. The minimum absolute atomic E-state index is 0.554. The van der Waals surface area contributed by atoms with Crippen LogP contribution in [0.15, 0.2) is 0 Å². The van der Waals surface area contributed by atoms with Gasteiger partial charge in [0.1, 0.15) is 0 Å². The first-order chi connectivity index (χ1) is 4.68. The third-order valence-electron chi connectivity index (χ3n) is 1.10. The molecule has 1 atom stereocenters. The van der Waals surface area contributed by atoms with E-state index >= 15 is 0 Å². The summed E-state index contributed by atoms with van der Waals surface area (Å²) in [6.07, 6.45) is 3.46. The highest BCUT2D eigenvalue weighted by Gasteiger charge is 2.18. The lowest BCUT2D eigenvalue weighted by Crippen LogP contribution is -1.89. The Labute approximate surface area is 66.9 Å². The molecule has 0 aromatic rings. The Hall–Kier alpha value is 0.540. The maximum atomic E-state index is 11.5. The standard InChI is InChI=1S/C6H15O2PS/c1-4-6-9(7,10-3)8-5-2/h4-6H2,1-3H3. The molecule has 10 heavy (non-hydrogen) atoms. The molecule has 62 valence electrons. The van der Waals surface area contributed by atoms with Crippen LogP contribution >= 0.6 is 18.0 Å². The minimum atomic E-state index is -2.28. The van der Waals surface area contributed by atoms with Gasteiger partial charge in [-0.05, 0) is 19.6 Å². The number of rotatable bonds is 5. The topological polar surface area (TPSA) is 26.3 Å². The van der Waals surface area contributed by atoms with E-state index in [0.717, 1.165) is 6.42 Å². The summed E-state index contributed by atoms with van der Waals surface area (Å²) in [7, 11) is 0. The first-order valence-corrected chi connectivity index (χ1v) is 7.11. The molecule has 1 unspecified atom stereocenters. The van der Waals surface area contributed by atoms with E-state index < -0.39 is 6.57 Å². The minimum Gasteiger partial charge on any atom is -0.321 e. The predicted octanol–water partition coefficient (Wildman–Crippen LogP) is 2.99. The summed E-state index contributed by atoms with van der Waals surface area (Å²) in [4.78, 5) is 0. The van der Waals surface area contributed by atoms with Gasteiger partial charge in [0.25, 0.3) is 6.57 Å². The van der Waals surface area contributed by atoms with Crippen molar-refractivity contribution in [2.75, 3.05) is 19.0 Å². The molecule has 0 aliphatic rings. The van der Waals surface area contributed by atoms with Crippen LogP contribution in [0.1, 0.15) is 20.3 Å². The van der Waals surface area contributed by atoms with Crippen molar-refractivity contribution in [2.24, 2.45) is 0 Å². The smallest absolute Gasteiger partial charge is 0.257 e. The summed E-state index contributed by atoms with van der Waals surface area (Å²) in [6, 6.07) is 0. The summed E-state index contributed by atoms with van der Waals surface area (Å²) in [5.74, 6) is 0. The van der Waals surface area contributed by atoms with Crippen molar-refractivity contribution >= 4 is 18.0 Å². The maximum Gasteiger partial charge on any atom is 0.257 e. The molecule has 0 fully saturated rings. The average molecular weight is 182 g/mol. The molecular weight excluding hydrogens is 167 g/mol. The second-order valence-electron chi connectivity index (χ2n) is 1.93. The highest BCUT2D eigenvalue weighted by Crippen LogP contribution is 2.58. The molecule has 0 aliphatic carbocycles. The molecule has 0 amide bonds. The van der Waals surface area contributed by atoms with Gasteiger partial charge in [0.05, 0.1) is 6.61 Å². The van der Waals surface area contributed by atoms with Gasteiger partial charge >= 0.3 is 0 Å². The van der Waals surface area contributed by atoms with Crippen LogP contribution in [0.3, 0.4) is 0 Å². The Morgan fingerprint density at radius 3 is 2.40 bits per heavy atom. The van der Waals surface area contributed by atoms with Gasteiger partial charge in [-0.3, -0.25) is 4.57 Å². The molecule has 0 rings (SSSR count). The van der Waals surface area contributed by atoms with Gasteiger partial charge in [-0.15, -0.1) is 0 Å². The molecule has 0 aromatic carbocycles. The van der Waals surface area contributed by atoms with Crippen molar-refractivity contribution in [1.29, 1.82) is 0 Å². The van der Waals surface area contributed by atoms with Crippen LogP contribution in [0.25, 0.3) is 0 Å². The van der Waals surface area contributed by atoms with E-state index in [1.807, 2.05) is 20.1 Å². The van der Waals surface area contributed by atoms with Gasteiger partial charge in [-0.2, -0.15) is 0 Å². The molecule has 0 spiro atoms. The van der Waals surface area contributed by atoms with Gasteiger partial charge in [-0.1, -0.05) is 18.3 Å². The molecule has 2 nitrogen and oxygen atoms in total. The Morgan fingerprint density at radius 1 is 1.50 bits per heavy atom. The lowest BCUT2D eigenvalue weighted by atomic mass is 10.6. The Balaban J connectivity index is 3.83. The molecule has 0 saturated carbocycles. The van der Waals surface area contributed by atoms with E-state index in [-0.39, 0.29) is 0 Å². The van der Waals surface area contributed by atoms with E-state index in [0.29, 0.717) is 12.8 Å². The van der Waals surface area contributed by atoms with Crippen LogP contribution in [-0.2, 0) is 9.09 Å². The van der Waals surface area contributed by atoms with Crippen LogP contribution in [0, 0.1) is 0 Å². The SMILES string of the molecule is CCCP(=O)(OCC)SC. The van der Waals surface area contributed by atoms with E-state index in [2.05, 4.69) is 0 Å². The Morgan fingerprint density at radius 2 is 2.10 bits per heavy atom. The molecule has 0 bridgehead atoms. The summed E-state index contributed by atoms with van der Waals surface area (Å²) < 4.78 is 16.7. The fraction of sp³-hybridized carbons (Fsp3) is 1.00. The highest BCUT2D eigenvalue weighted by molar-refractivity contribution is 8.56. The molecule has 0 N–H and O–H groups in total. The predicted molar refractivity (Wildman–Crippen MR) is 47.9 cm³/mol.